The minimum atomic E-state index is -1.04. The molecule has 1 aromatic carbocycles. The largest absolute Gasteiger partial charge is 0.480 e. The van der Waals surface area contributed by atoms with E-state index in [0.29, 0.717) is 10.9 Å². The number of aliphatic carboxylic acids is 1. The quantitative estimate of drug-likeness (QED) is 0.901. The van der Waals surface area contributed by atoms with Crippen LogP contribution in [0.25, 0.3) is 10.9 Å². The number of carboxylic acid groups (broad SMARTS) is 1. The fourth-order valence-electron chi connectivity index (χ4n) is 2.26. The first kappa shape index (κ1) is 13.5. The molecule has 1 aliphatic rings. The third-order valence-electron chi connectivity index (χ3n) is 3.55. The molecule has 21 heavy (non-hydrogen) atoms. The Bertz CT molecular complexity index is 728. The van der Waals surface area contributed by atoms with Crippen LogP contribution < -0.4 is 5.32 Å². The monoisotopic (exact) mass is 288 g/mol. The van der Waals surface area contributed by atoms with Crippen LogP contribution in [0.15, 0.2) is 30.5 Å². The second-order valence-electron chi connectivity index (χ2n) is 5.19. The van der Waals surface area contributed by atoms with Crippen molar-refractivity contribution in [3.63, 3.8) is 0 Å². The fraction of sp³-hybridized carbons (Fsp3) is 0.267. The van der Waals surface area contributed by atoms with Crippen LogP contribution in [0.5, 0.6) is 0 Å². The Balaban J connectivity index is 1.85. The number of nitrogens with zero attached hydrogens (tertiary/aromatic N) is 1. The molecule has 0 spiro atoms. The highest BCUT2D eigenvalue weighted by atomic mass is 19.1. The van der Waals surface area contributed by atoms with E-state index in [1.165, 1.54) is 30.5 Å². The van der Waals surface area contributed by atoms with Gasteiger partial charge in [0.25, 0.3) is 5.91 Å². The molecule has 0 saturated heterocycles. The molecule has 2 N–H and O–H groups in total. The van der Waals surface area contributed by atoms with Crippen LogP contribution in [0.3, 0.4) is 0 Å². The van der Waals surface area contributed by atoms with Crippen molar-refractivity contribution in [3.8, 4) is 0 Å². The number of nitrogens with one attached hydrogen (secondary N) is 1. The summed E-state index contributed by atoms with van der Waals surface area (Å²) in [5.74, 6) is -1.96. The summed E-state index contributed by atoms with van der Waals surface area (Å²) >= 11 is 0. The number of carbonyl (C=O) groups excluding carboxylic acids is 1. The minimum absolute atomic E-state index is 0.00249. The molecule has 3 rings (SSSR count). The van der Waals surface area contributed by atoms with Gasteiger partial charge >= 0.3 is 5.97 Å². The van der Waals surface area contributed by atoms with E-state index in [-0.39, 0.29) is 11.5 Å². The molecule has 1 aromatic heterocycles. The molecule has 0 aliphatic heterocycles. The predicted molar refractivity (Wildman–Crippen MR) is 73.3 cm³/mol. The molecule has 1 atom stereocenters. The number of amides is 1. The highest BCUT2D eigenvalue weighted by Gasteiger charge is 2.37. The van der Waals surface area contributed by atoms with Crippen LogP contribution in [0.1, 0.15) is 23.2 Å². The lowest BCUT2D eigenvalue weighted by molar-refractivity contribution is -0.139. The number of aromatic nitrogens is 1. The normalized spacial score (nSPS) is 15.7. The third kappa shape index (κ3) is 2.84. The topological polar surface area (TPSA) is 79.3 Å². The van der Waals surface area contributed by atoms with Gasteiger partial charge in [0.2, 0.25) is 0 Å². The zero-order valence-corrected chi connectivity index (χ0v) is 11.0. The average molecular weight is 288 g/mol. The highest BCUT2D eigenvalue weighted by Crippen LogP contribution is 2.32. The molecular formula is C15H13FN2O3. The molecule has 108 valence electrons. The van der Waals surface area contributed by atoms with Gasteiger partial charge in [-0.3, -0.25) is 9.78 Å². The maximum absolute atomic E-state index is 13.2. The van der Waals surface area contributed by atoms with Crippen molar-refractivity contribution in [1.82, 2.24) is 10.3 Å². The van der Waals surface area contributed by atoms with Crippen LogP contribution in [0.4, 0.5) is 4.39 Å². The van der Waals surface area contributed by atoms with Crippen LogP contribution in [0.2, 0.25) is 0 Å². The van der Waals surface area contributed by atoms with Gasteiger partial charge in [-0.2, -0.15) is 0 Å². The number of carbonyl (C=O) groups is 2. The molecule has 1 saturated carbocycles. The number of fused-ring (bicyclic) bond motifs is 1. The first-order valence-electron chi connectivity index (χ1n) is 6.63. The van der Waals surface area contributed by atoms with Gasteiger partial charge in [-0.15, -0.1) is 0 Å². The first-order chi connectivity index (χ1) is 10.0. The van der Waals surface area contributed by atoms with Gasteiger partial charge in [0.05, 0.1) is 11.1 Å². The number of hydrogen-bond acceptors (Lipinski definition) is 3. The summed E-state index contributed by atoms with van der Waals surface area (Å²) < 4.78 is 13.2. The second kappa shape index (κ2) is 5.12. The average Bonchev–Trinajstić information content (AvgIpc) is 3.27. The maximum atomic E-state index is 13.2. The third-order valence-corrected chi connectivity index (χ3v) is 3.55. The first-order valence-corrected chi connectivity index (χ1v) is 6.63. The van der Waals surface area contributed by atoms with E-state index in [0.717, 1.165) is 12.8 Å². The van der Waals surface area contributed by atoms with E-state index < -0.39 is 23.7 Å². The highest BCUT2D eigenvalue weighted by molar-refractivity contribution is 5.99. The van der Waals surface area contributed by atoms with Crippen molar-refractivity contribution in [2.45, 2.75) is 18.9 Å². The van der Waals surface area contributed by atoms with Crippen LogP contribution in [-0.2, 0) is 4.79 Å². The standard InChI is InChI=1S/C15H13FN2O3/c16-11-3-4-12-9(6-11)5-10(7-17-12)14(19)18-13(15(20)21)8-1-2-8/h3-8,13H,1-2H2,(H,18,19)(H,20,21). The van der Waals surface area contributed by atoms with Gasteiger partial charge in [0.15, 0.2) is 0 Å². The van der Waals surface area contributed by atoms with Crippen LogP contribution in [-0.4, -0.2) is 28.0 Å². The molecule has 1 unspecified atom stereocenters. The number of halogens is 1. The molecule has 0 radical (unpaired) electrons. The van der Waals surface area contributed by atoms with Gasteiger partial charge in [0, 0.05) is 11.6 Å². The summed E-state index contributed by atoms with van der Waals surface area (Å²) in [4.78, 5) is 27.3. The van der Waals surface area contributed by atoms with Crippen molar-refractivity contribution in [1.29, 1.82) is 0 Å². The Morgan fingerprint density at radius 2 is 2.10 bits per heavy atom. The summed E-state index contributed by atoms with van der Waals surface area (Å²) in [5.41, 5.74) is 0.796. The molecule has 5 nitrogen and oxygen atoms in total. The number of carboxylic acids is 1. The summed E-state index contributed by atoms with van der Waals surface area (Å²) in [5, 5.41) is 12.1. The van der Waals surface area contributed by atoms with E-state index in [9.17, 15) is 14.0 Å². The molecule has 2 aromatic rings. The van der Waals surface area contributed by atoms with Crippen molar-refractivity contribution < 1.29 is 19.1 Å². The van der Waals surface area contributed by atoms with Crippen molar-refractivity contribution >= 4 is 22.8 Å². The Hall–Kier alpha value is -2.50. The van der Waals surface area contributed by atoms with Crippen LogP contribution >= 0.6 is 0 Å². The SMILES string of the molecule is O=C(NC(C(=O)O)C1CC1)c1cnc2ccc(F)cc2c1. The number of benzene rings is 1. The molecule has 1 aliphatic carbocycles. The summed E-state index contributed by atoms with van der Waals surface area (Å²) in [6, 6.07) is 4.74. The van der Waals surface area contributed by atoms with Gasteiger partial charge in [-0.1, -0.05) is 0 Å². The van der Waals surface area contributed by atoms with Crippen molar-refractivity contribution in [2.24, 2.45) is 5.92 Å². The Morgan fingerprint density at radius 1 is 1.33 bits per heavy atom. The van der Waals surface area contributed by atoms with Gasteiger partial charge in [-0.25, -0.2) is 9.18 Å². The van der Waals surface area contributed by atoms with Gasteiger partial charge < -0.3 is 10.4 Å². The van der Waals surface area contributed by atoms with E-state index in [4.69, 9.17) is 5.11 Å². The fourth-order valence-corrected chi connectivity index (χ4v) is 2.26. The van der Waals surface area contributed by atoms with E-state index in [1.807, 2.05) is 0 Å². The zero-order valence-electron chi connectivity index (χ0n) is 11.0. The molecule has 0 bridgehead atoms. The van der Waals surface area contributed by atoms with Gasteiger partial charge in [-0.05, 0) is 43.0 Å². The van der Waals surface area contributed by atoms with E-state index in [2.05, 4.69) is 10.3 Å². The Kier molecular flexibility index (Phi) is 3.29. The maximum Gasteiger partial charge on any atom is 0.326 e. The second-order valence-corrected chi connectivity index (χ2v) is 5.19. The van der Waals surface area contributed by atoms with Crippen LogP contribution in [0, 0.1) is 11.7 Å². The van der Waals surface area contributed by atoms with Crippen molar-refractivity contribution in [3.05, 3.63) is 41.8 Å². The minimum Gasteiger partial charge on any atom is -0.480 e. The lowest BCUT2D eigenvalue weighted by Crippen LogP contribution is -2.42. The van der Waals surface area contributed by atoms with E-state index in [1.54, 1.807) is 0 Å². The van der Waals surface area contributed by atoms with Gasteiger partial charge in [0.1, 0.15) is 11.9 Å². The molecule has 6 heteroatoms. The number of pyridine rings is 1. The van der Waals surface area contributed by atoms with Crippen molar-refractivity contribution in [2.75, 3.05) is 0 Å². The smallest absolute Gasteiger partial charge is 0.326 e. The number of rotatable bonds is 4. The van der Waals surface area contributed by atoms with E-state index >= 15 is 0 Å². The lowest BCUT2D eigenvalue weighted by atomic mass is 10.1. The lowest BCUT2D eigenvalue weighted by Gasteiger charge is -2.13. The molecule has 1 amide bonds. The summed E-state index contributed by atoms with van der Waals surface area (Å²) in [6.07, 6.45) is 2.97. The molecule has 1 heterocycles. The predicted octanol–water partition coefficient (Wildman–Crippen LogP) is 1.97. The molecule has 1 fully saturated rings. The Morgan fingerprint density at radius 3 is 2.76 bits per heavy atom. The number of hydrogen-bond donors (Lipinski definition) is 2. The summed E-state index contributed by atoms with van der Waals surface area (Å²) in [6.45, 7) is 0. The Labute approximate surface area is 119 Å². The zero-order chi connectivity index (χ0) is 15.0. The summed E-state index contributed by atoms with van der Waals surface area (Å²) in [7, 11) is 0. The molecular weight excluding hydrogens is 275 g/mol.